The maximum absolute atomic E-state index is 12.1. The van der Waals surface area contributed by atoms with Crippen LogP contribution in [0.2, 0.25) is 5.02 Å². The van der Waals surface area contributed by atoms with Crippen LogP contribution in [0.3, 0.4) is 0 Å². The lowest BCUT2D eigenvalue weighted by atomic mass is 10.1. The number of amides is 2. The molecule has 0 atom stereocenters. The number of benzene rings is 2. The minimum absolute atomic E-state index is 0.124. The van der Waals surface area contributed by atoms with Crippen LogP contribution in [-0.4, -0.2) is 37.7 Å². The van der Waals surface area contributed by atoms with Gasteiger partial charge in [0.25, 0.3) is 5.91 Å². The zero-order chi connectivity index (χ0) is 21.1. The maximum atomic E-state index is 12.1. The van der Waals surface area contributed by atoms with Crippen LogP contribution in [0.15, 0.2) is 48.5 Å². The first-order chi connectivity index (χ1) is 14.0. The number of carbonyl (C=O) groups excluding carboxylic acids is 3. The molecule has 7 nitrogen and oxygen atoms in total. The molecule has 154 valence electrons. The molecule has 0 unspecified atom stereocenters. The summed E-state index contributed by atoms with van der Waals surface area (Å²) in [5, 5.41) is 6.13. The van der Waals surface area contributed by atoms with Crippen LogP contribution in [0, 0.1) is 0 Å². The summed E-state index contributed by atoms with van der Waals surface area (Å²) in [6.07, 6.45) is 0.0114. The van der Waals surface area contributed by atoms with Crippen LogP contribution >= 0.6 is 11.6 Å². The van der Waals surface area contributed by atoms with Crippen molar-refractivity contribution in [1.82, 2.24) is 10.6 Å². The van der Waals surface area contributed by atoms with Crippen molar-refractivity contribution >= 4 is 29.6 Å². The van der Waals surface area contributed by atoms with Gasteiger partial charge in [-0.25, -0.2) is 4.79 Å². The Morgan fingerprint density at radius 2 is 1.66 bits per heavy atom. The number of nitrogens with one attached hydrogen (secondary N) is 2. The molecule has 0 aliphatic carbocycles. The number of hydrogen-bond acceptors (Lipinski definition) is 5. The van der Waals surface area contributed by atoms with Crippen LogP contribution in [0.1, 0.15) is 29.3 Å². The number of carbonyl (C=O) groups is 3. The highest BCUT2D eigenvalue weighted by molar-refractivity contribution is 6.31. The predicted molar refractivity (Wildman–Crippen MR) is 109 cm³/mol. The van der Waals surface area contributed by atoms with Crippen molar-refractivity contribution in [3.05, 3.63) is 64.7 Å². The van der Waals surface area contributed by atoms with Crippen LogP contribution in [0.5, 0.6) is 5.75 Å². The molecule has 0 aliphatic heterocycles. The zero-order valence-corrected chi connectivity index (χ0v) is 16.8. The normalized spacial score (nSPS) is 10.1. The second-order valence-corrected chi connectivity index (χ2v) is 6.44. The summed E-state index contributed by atoms with van der Waals surface area (Å²) >= 11 is 6.04. The van der Waals surface area contributed by atoms with E-state index in [9.17, 15) is 14.4 Å². The molecule has 0 spiro atoms. The lowest BCUT2D eigenvalue weighted by molar-refractivity contribution is -0.120. The van der Waals surface area contributed by atoms with Gasteiger partial charge in [0, 0.05) is 23.7 Å². The third kappa shape index (κ3) is 7.83. The van der Waals surface area contributed by atoms with Crippen molar-refractivity contribution in [2.45, 2.75) is 19.8 Å². The molecule has 0 bridgehead atoms. The molecule has 0 radical (unpaired) electrons. The Morgan fingerprint density at radius 3 is 2.34 bits per heavy atom. The zero-order valence-electron chi connectivity index (χ0n) is 16.1. The number of hydrogen-bond donors (Lipinski definition) is 2. The largest absolute Gasteiger partial charge is 0.513 e. The quantitative estimate of drug-likeness (QED) is 0.370. The highest BCUT2D eigenvalue weighted by Crippen LogP contribution is 2.15. The average Bonchev–Trinajstić information content (AvgIpc) is 2.70. The standard InChI is InChI=1S/C21H23ClN2O5/c1-2-28-21(27)29-17-10-8-15(9-11-17)20(26)24-13-5-12-23-19(25)14-16-6-3-4-7-18(16)22/h3-4,6-11H,2,5,12-14H2,1H3,(H,23,25)(H,24,26). The van der Waals surface area contributed by atoms with Gasteiger partial charge in [-0.2, -0.15) is 0 Å². The SMILES string of the molecule is CCOC(=O)Oc1ccc(C(=O)NCCCNC(=O)Cc2ccccc2Cl)cc1. The summed E-state index contributed by atoms with van der Waals surface area (Å²) in [6.45, 7) is 2.75. The van der Waals surface area contributed by atoms with Gasteiger partial charge in [-0.05, 0) is 49.2 Å². The minimum Gasteiger partial charge on any atom is -0.434 e. The molecule has 0 aliphatic rings. The van der Waals surface area contributed by atoms with Gasteiger partial charge in [-0.3, -0.25) is 9.59 Å². The first-order valence-electron chi connectivity index (χ1n) is 9.22. The molecule has 2 N–H and O–H groups in total. The van der Waals surface area contributed by atoms with Crippen molar-refractivity contribution in [3.8, 4) is 5.75 Å². The first-order valence-corrected chi connectivity index (χ1v) is 9.60. The second-order valence-electron chi connectivity index (χ2n) is 6.04. The van der Waals surface area contributed by atoms with Gasteiger partial charge in [0.15, 0.2) is 0 Å². The van der Waals surface area contributed by atoms with Crippen molar-refractivity contribution in [2.75, 3.05) is 19.7 Å². The van der Waals surface area contributed by atoms with E-state index in [0.717, 1.165) is 5.56 Å². The van der Waals surface area contributed by atoms with Crippen LogP contribution in [0.25, 0.3) is 0 Å². The Kier molecular flexibility index (Phi) is 8.98. The van der Waals surface area contributed by atoms with Gasteiger partial charge in [0.2, 0.25) is 5.91 Å². The lowest BCUT2D eigenvalue weighted by Crippen LogP contribution is -2.30. The maximum Gasteiger partial charge on any atom is 0.513 e. The molecule has 0 saturated carbocycles. The Morgan fingerprint density at radius 1 is 0.966 bits per heavy atom. The molecule has 2 aromatic carbocycles. The van der Waals surface area contributed by atoms with Crippen molar-refractivity contribution in [1.29, 1.82) is 0 Å². The molecule has 0 heterocycles. The van der Waals surface area contributed by atoms with E-state index >= 15 is 0 Å². The second kappa shape index (κ2) is 11.7. The summed E-state index contributed by atoms with van der Waals surface area (Å²) < 4.78 is 9.61. The first kappa shape index (κ1) is 22.2. The topological polar surface area (TPSA) is 93.7 Å². The van der Waals surface area contributed by atoms with E-state index in [1.807, 2.05) is 18.2 Å². The number of ether oxygens (including phenoxy) is 2. The van der Waals surface area contributed by atoms with Gasteiger partial charge in [0.1, 0.15) is 5.75 Å². The van der Waals surface area contributed by atoms with Crippen LogP contribution in [-0.2, 0) is 16.0 Å². The minimum atomic E-state index is -0.790. The molecule has 2 aromatic rings. The molecular formula is C21H23ClN2O5. The van der Waals surface area contributed by atoms with Gasteiger partial charge in [0.05, 0.1) is 13.0 Å². The van der Waals surface area contributed by atoms with Crippen molar-refractivity contribution in [2.24, 2.45) is 0 Å². The molecular weight excluding hydrogens is 396 g/mol. The van der Waals surface area contributed by atoms with E-state index < -0.39 is 6.16 Å². The summed E-state index contributed by atoms with van der Waals surface area (Å²) in [5.74, 6) is -0.0853. The lowest BCUT2D eigenvalue weighted by Gasteiger charge is -2.08. The molecule has 0 saturated heterocycles. The van der Waals surface area contributed by atoms with Gasteiger partial charge in [-0.15, -0.1) is 0 Å². The Balaban J connectivity index is 1.66. The summed E-state index contributed by atoms with van der Waals surface area (Å²) in [5.41, 5.74) is 1.21. The van der Waals surface area contributed by atoms with Crippen LogP contribution in [0.4, 0.5) is 4.79 Å². The molecule has 2 amide bonds. The van der Waals surface area contributed by atoms with Gasteiger partial charge >= 0.3 is 6.16 Å². The van der Waals surface area contributed by atoms with Gasteiger partial charge < -0.3 is 20.1 Å². The van der Waals surface area contributed by atoms with E-state index in [4.69, 9.17) is 16.3 Å². The van der Waals surface area contributed by atoms with E-state index in [1.165, 1.54) is 12.1 Å². The van der Waals surface area contributed by atoms with Gasteiger partial charge in [-0.1, -0.05) is 29.8 Å². The highest BCUT2D eigenvalue weighted by atomic mass is 35.5. The average molecular weight is 419 g/mol. The molecule has 2 rings (SSSR count). The highest BCUT2D eigenvalue weighted by Gasteiger charge is 2.09. The monoisotopic (exact) mass is 418 g/mol. The predicted octanol–water partition coefficient (Wildman–Crippen LogP) is 3.35. The summed E-state index contributed by atoms with van der Waals surface area (Å²) in [4.78, 5) is 35.3. The Labute approximate surface area is 174 Å². The Hall–Kier alpha value is -3.06. The third-order valence-electron chi connectivity index (χ3n) is 3.85. The molecule has 0 fully saturated rings. The third-order valence-corrected chi connectivity index (χ3v) is 4.22. The van der Waals surface area contributed by atoms with E-state index in [-0.39, 0.29) is 24.8 Å². The molecule has 0 aromatic heterocycles. The summed E-state index contributed by atoms with van der Waals surface area (Å²) in [6, 6.07) is 13.3. The van der Waals surface area contributed by atoms with E-state index in [0.29, 0.717) is 35.8 Å². The summed E-state index contributed by atoms with van der Waals surface area (Å²) in [7, 11) is 0. The smallest absolute Gasteiger partial charge is 0.434 e. The van der Waals surface area contributed by atoms with Crippen molar-refractivity contribution in [3.63, 3.8) is 0 Å². The number of rotatable bonds is 9. The van der Waals surface area contributed by atoms with E-state index in [2.05, 4.69) is 15.4 Å². The number of halogens is 1. The van der Waals surface area contributed by atoms with Crippen molar-refractivity contribution < 1.29 is 23.9 Å². The molecule has 29 heavy (non-hydrogen) atoms. The Bertz CT molecular complexity index is 839. The fourth-order valence-electron chi connectivity index (χ4n) is 2.42. The molecule has 8 heteroatoms. The fraction of sp³-hybridized carbons (Fsp3) is 0.286. The van der Waals surface area contributed by atoms with Crippen LogP contribution < -0.4 is 15.4 Å². The fourth-order valence-corrected chi connectivity index (χ4v) is 2.62. The van der Waals surface area contributed by atoms with E-state index in [1.54, 1.807) is 25.1 Å².